The summed E-state index contributed by atoms with van der Waals surface area (Å²) in [4.78, 5) is 12.8. The van der Waals surface area contributed by atoms with Crippen LogP contribution in [-0.4, -0.2) is 25.6 Å². The molecule has 0 bridgehead atoms. The molecule has 0 N–H and O–H groups in total. The predicted octanol–water partition coefficient (Wildman–Crippen LogP) is 7.80. The molecule has 4 heteroatoms. The number of rotatable bonds is 14. The molecule has 0 aromatic heterocycles. The first-order valence-corrected chi connectivity index (χ1v) is 12.3. The Hall–Kier alpha value is -3.01. The smallest absolute Gasteiger partial charge is 0.185 e. The van der Waals surface area contributed by atoms with Crippen molar-refractivity contribution >= 4 is 11.9 Å². The van der Waals surface area contributed by atoms with E-state index in [1.807, 2.05) is 12.1 Å². The van der Waals surface area contributed by atoms with Gasteiger partial charge in [0.05, 0.1) is 13.2 Å². The van der Waals surface area contributed by atoms with Gasteiger partial charge in [-0.3, -0.25) is 4.79 Å². The number of ether oxygens (including phenoxy) is 3. The van der Waals surface area contributed by atoms with Gasteiger partial charge in [-0.25, -0.2) is 0 Å². The fourth-order valence-corrected chi connectivity index (χ4v) is 3.32. The minimum atomic E-state index is -0.114. The lowest BCUT2D eigenvalue weighted by Gasteiger charge is -2.25. The Morgan fingerprint density at radius 3 is 2.09 bits per heavy atom. The zero-order valence-corrected chi connectivity index (χ0v) is 21.5. The standard InChI is InChI=1S/C30H40O4/c1-7-10-19-33-28-22-29(34-20-11-8-2)26(30(4,5)6)21-24(28)14-17-27(31)23-12-15-25(16-13-23)32-18-9-3/h9,12-17,21-22H,3,7-8,10-11,18-20H2,1-2,4-6H3/b17-14+. The summed E-state index contributed by atoms with van der Waals surface area (Å²) in [6, 6.07) is 11.2. The minimum absolute atomic E-state index is 0.0737. The van der Waals surface area contributed by atoms with Crippen LogP contribution in [0.5, 0.6) is 17.2 Å². The minimum Gasteiger partial charge on any atom is -0.493 e. The molecule has 0 amide bonds. The molecule has 34 heavy (non-hydrogen) atoms. The molecule has 0 saturated carbocycles. The second-order valence-corrected chi connectivity index (χ2v) is 9.36. The summed E-state index contributed by atoms with van der Waals surface area (Å²) in [7, 11) is 0. The topological polar surface area (TPSA) is 44.8 Å². The van der Waals surface area contributed by atoms with Crippen molar-refractivity contribution in [2.45, 2.75) is 65.7 Å². The van der Waals surface area contributed by atoms with Crippen molar-refractivity contribution in [2.75, 3.05) is 19.8 Å². The molecule has 0 radical (unpaired) electrons. The Morgan fingerprint density at radius 2 is 1.53 bits per heavy atom. The highest BCUT2D eigenvalue weighted by Gasteiger charge is 2.22. The van der Waals surface area contributed by atoms with E-state index in [1.54, 1.807) is 36.4 Å². The molecule has 0 aliphatic rings. The summed E-state index contributed by atoms with van der Waals surface area (Å²) in [5, 5.41) is 0. The van der Waals surface area contributed by atoms with E-state index in [1.165, 1.54) is 0 Å². The largest absolute Gasteiger partial charge is 0.493 e. The van der Waals surface area contributed by atoms with Crippen molar-refractivity contribution in [3.63, 3.8) is 0 Å². The van der Waals surface area contributed by atoms with Gasteiger partial charge in [-0.1, -0.05) is 60.1 Å². The van der Waals surface area contributed by atoms with Crippen LogP contribution in [0.15, 0.2) is 55.1 Å². The summed E-state index contributed by atoms with van der Waals surface area (Å²) in [6.45, 7) is 16.2. The Kier molecular flexibility index (Phi) is 10.9. The monoisotopic (exact) mass is 464 g/mol. The number of unbranched alkanes of at least 4 members (excludes halogenated alkanes) is 2. The Balaban J connectivity index is 2.34. The van der Waals surface area contributed by atoms with Gasteiger partial charge in [-0.2, -0.15) is 0 Å². The maximum atomic E-state index is 12.8. The number of hydrogen-bond acceptors (Lipinski definition) is 4. The van der Waals surface area contributed by atoms with Gasteiger partial charge in [-0.05, 0) is 60.7 Å². The summed E-state index contributed by atoms with van der Waals surface area (Å²) < 4.78 is 17.8. The van der Waals surface area contributed by atoms with Gasteiger partial charge < -0.3 is 14.2 Å². The molecule has 4 nitrogen and oxygen atoms in total. The highest BCUT2D eigenvalue weighted by molar-refractivity contribution is 6.07. The van der Waals surface area contributed by atoms with Crippen LogP contribution >= 0.6 is 0 Å². The third-order valence-corrected chi connectivity index (χ3v) is 5.35. The fourth-order valence-electron chi connectivity index (χ4n) is 3.32. The van der Waals surface area contributed by atoms with E-state index in [2.05, 4.69) is 47.3 Å². The highest BCUT2D eigenvalue weighted by atomic mass is 16.5. The van der Waals surface area contributed by atoms with Crippen LogP contribution in [0.1, 0.15) is 81.8 Å². The van der Waals surface area contributed by atoms with Gasteiger partial charge in [0.25, 0.3) is 0 Å². The molecule has 2 rings (SSSR count). The molecule has 0 aliphatic heterocycles. The van der Waals surface area contributed by atoms with Crippen molar-refractivity contribution in [1.29, 1.82) is 0 Å². The first-order valence-electron chi connectivity index (χ1n) is 12.3. The van der Waals surface area contributed by atoms with E-state index in [-0.39, 0.29) is 11.2 Å². The van der Waals surface area contributed by atoms with Crippen molar-refractivity contribution in [2.24, 2.45) is 0 Å². The Labute approximate surface area is 205 Å². The van der Waals surface area contributed by atoms with Crippen LogP contribution in [0.4, 0.5) is 0 Å². The lowest BCUT2D eigenvalue weighted by Crippen LogP contribution is -2.15. The van der Waals surface area contributed by atoms with Crippen LogP contribution in [0.3, 0.4) is 0 Å². The lowest BCUT2D eigenvalue weighted by atomic mass is 9.85. The Morgan fingerprint density at radius 1 is 0.912 bits per heavy atom. The number of allylic oxidation sites excluding steroid dienone is 1. The molecule has 0 aliphatic carbocycles. The second-order valence-electron chi connectivity index (χ2n) is 9.36. The number of hydrogen-bond donors (Lipinski definition) is 0. The second kappa shape index (κ2) is 13.6. The fraction of sp³-hybridized carbons (Fsp3) is 0.433. The maximum absolute atomic E-state index is 12.8. The molecule has 0 fully saturated rings. The van der Waals surface area contributed by atoms with E-state index in [0.717, 1.165) is 48.3 Å². The van der Waals surface area contributed by atoms with E-state index in [9.17, 15) is 4.79 Å². The SMILES string of the molecule is C=CCOc1ccc(C(=O)/C=C/c2cc(C(C)(C)C)c(OCCCC)cc2OCCCC)cc1. The van der Waals surface area contributed by atoms with Gasteiger partial charge in [0.15, 0.2) is 5.78 Å². The zero-order chi connectivity index (χ0) is 25.0. The molecule has 2 aromatic rings. The number of benzene rings is 2. The van der Waals surface area contributed by atoms with Crippen LogP contribution < -0.4 is 14.2 Å². The summed E-state index contributed by atoms with van der Waals surface area (Å²) in [5.41, 5.74) is 2.47. The molecule has 0 spiro atoms. The third-order valence-electron chi connectivity index (χ3n) is 5.35. The average molecular weight is 465 g/mol. The first kappa shape index (κ1) is 27.2. The van der Waals surface area contributed by atoms with Crippen molar-refractivity contribution < 1.29 is 19.0 Å². The van der Waals surface area contributed by atoms with Gasteiger partial charge in [0.1, 0.15) is 23.9 Å². The molecular formula is C30H40O4. The number of ketones is 1. The van der Waals surface area contributed by atoms with E-state index >= 15 is 0 Å². The summed E-state index contributed by atoms with van der Waals surface area (Å²) in [6.07, 6.45) is 9.24. The van der Waals surface area contributed by atoms with Crippen LogP contribution in [0.25, 0.3) is 6.08 Å². The third kappa shape index (κ3) is 8.40. The normalized spacial score (nSPS) is 11.4. The first-order chi connectivity index (χ1) is 16.3. The van der Waals surface area contributed by atoms with Crippen molar-refractivity contribution in [3.8, 4) is 17.2 Å². The summed E-state index contributed by atoms with van der Waals surface area (Å²) in [5.74, 6) is 2.23. The molecule has 0 heterocycles. The lowest BCUT2D eigenvalue weighted by molar-refractivity contribution is 0.104. The molecule has 0 atom stereocenters. The molecular weight excluding hydrogens is 424 g/mol. The van der Waals surface area contributed by atoms with Crippen LogP contribution in [-0.2, 0) is 5.41 Å². The van der Waals surface area contributed by atoms with Gasteiger partial charge in [-0.15, -0.1) is 0 Å². The van der Waals surface area contributed by atoms with Crippen LogP contribution in [0.2, 0.25) is 0 Å². The van der Waals surface area contributed by atoms with Crippen molar-refractivity contribution in [3.05, 3.63) is 71.8 Å². The van der Waals surface area contributed by atoms with E-state index < -0.39 is 0 Å². The van der Waals surface area contributed by atoms with Gasteiger partial charge in [0.2, 0.25) is 0 Å². The predicted molar refractivity (Wildman–Crippen MR) is 141 cm³/mol. The molecule has 0 saturated heterocycles. The summed E-state index contributed by atoms with van der Waals surface area (Å²) >= 11 is 0. The van der Waals surface area contributed by atoms with E-state index in [4.69, 9.17) is 14.2 Å². The molecule has 2 aromatic carbocycles. The number of carbonyl (C=O) groups excluding carboxylic acids is 1. The number of carbonyl (C=O) groups is 1. The Bertz CT molecular complexity index is 949. The van der Waals surface area contributed by atoms with Gasteiger partial charge in [0, 0.05) is 22.8 Å². The maximum Gasteiger partial charge on any atom is 0.185 e. The molecule has 0 unspecified atom stereocenters. The average Bonchev–Trinajstić information content (AvgIpc) is 2.81. The quantitative estimate of drug-likeness (QED) is 0.124. The van der Waals surface area contributed by atoms with Gasteiger partial charge >= 0.3 is 0 Å². The van der Waals surface area contributed by atoms with Crippen molar-refractivity contribution in [1.82, 2.24) is 0 Å². The zero-order valence-electron chi connectivity index (χ0n) is 21.5. The van der Waals surface area contributed by atoms with E-state index in [0.29, 0.717) is 31.1 Å². The molecule has 184 valence electrons. The highest BCUT2D eigenvalue weighted by Crippen LogP contribution is 2.38. The van der Waals surface area contributed by atoms with Crippen LogP contribution in [0, 0.1) is 0 Å².